The molecule has 46 heavy (non-hydrogen) atoms. The van der Waals surface area contributed by atoms with E-state index in [1.807, 2.05) is 121 Å². The molecule has 8 nitrogen and oxygen atoms in total. The van der Waals surface area contributed by atoms with Crippen LogP contribution >= 0.6 is 0 Å². The van der Waals surface area contributed by atoms with Gasteiger partial charge in [-0.2, -0.15) is 0 Å². The van der Waals surface area contributed by atoms with Crippen molar-refractivity contribution in [1.29, 1.82) is 0 Å². The fourth-order valence-corrected chi connectivity index (χ4v) is 5.58. The lowest BCUT2D eigenvalue weighted by Gasteiger charge is -2.10. The number of aromatic nitrogens is 6. The van der Waals surface area contributed by atoms with Gasteiger partial charge in [0.2, 0.25) is 11.8 Å². The zero-order valence-corrected chi connectivity index (χ0v) is 24.2. The van der Waals surface area contributed by atoms with Gasteiger partial charge in [-0.15, -0.1) is 0 Å². The van der Waals surface area contributed by atoms with Crippen LogP contribution in [-0.4, -0.2) is 29.9 Å². The largest absolute Gasteiger partial charge is 0.436 e. The lowest BCUT2D eigenvalue weighted by molar-refractivity contribution is 0.619. The van der Waals surface area contributed by atoms with Gasteiger partial charge >= 0.3 is 0 Å². The van der Waals surface area contributed by atoms with E-state index in [-0.39, 0.29) is 0 Å². The molecule has 9 rings (SSSR count). The molecule has 0 fully saturated rings. The third-order valence-corrected chi connectivity index (χ3v) is 7.93. The van der Waals surface area contributed by atoms with Gasteiger partial charge in [0.15, 0.2) is 28.6 Å². The summed E-state index contributed by atoms with van der Waals surface area (Å²) in [5, 5.41) is 2.02. The Balaban J connectivity index is 1.14. The highest BCUT2D eigenvalue weighted by Gasteiger charge is 2.16. The number of hydrogen-bond acceptors (Lipinski definition) is 8. The zero-order valence-electron chi connectivity index (χ0n) is 24.2. The first-order chi connectivity index (χ1) is 22.7. The summed E-state index contributed by atoms with van der Waals surface area (Å²) in [6.45, 7) is 0. The van der Waals surface area contributed by atoms with Crippen LogP contribution in [0.15, 0.2) is 143 Å². The normalized spacial score (nSPS) is 11.5. The van der Waals surface area contributed by atoms with Gasteiger partial charge in [0.1, 0.15) is 11.0 Å². The number of nitrogens with zero attached hydrogens (tertiary/aromatic N) is 6. The molecule has 0 aliphatic heterocycles. The Bertz CT molecular complexity index is 2330. The van der Waals surface area contributed by atoms with Crippen LogP contribution in [0.2, 0.25) is 0 Å². The fraction of sp³-hybridized carbons (Fsp3) is 0. The summed E-state index contributed by atoms with van der Waals surface area (Å²) < 4.78 is 12.0. The molecule has 0 saturated carbocycles. The van der Waals surface area contributed by atoms with E-state index in [0.717, 1.165) is 60.8 Å². The third kappa shape index (κ3) is 4.56. The van der Waals surface area contributed by atoms with Crippen LogP contribution < -0.4 is 0 Å². The van der Waals surface area contributed by atoms with Crippen LogP contribution in [0.25, 0.3) is 90.0 Å². The van der Waals surface area contributed by atoms with E-state index >= 15 is 0 Å². The minimum absolute atomic E-state index is 0.549. The van der Waals surface area contributed by atoms with E-state index in [0.29, 0.717) is 29.3 Å². The van der Waals surface area contributed by atoms with Crippen molar-refractivity contribution in [2.45, 2.75) is 0 Å². The molecular weight excluding hydrogens is 572 g/mol. The van der Waals surface area contributed by atoms with E-state index in [2.05, 4.69) is 21.0 Å². The van der Waals surface area contributed by atoms with Gasteiger partial charge < -0.3 is 8.83 Å². The van der Waals surface area contributed by atoms with Gasteiger partial charge in [-0.05, 0) is 60.0 Å². The van der Waals surface area contributed by atoms with E-state index in [4.69, 9.17) is 23.8 Å². The van der Waals surface area contributed by atoms with Crippen LogP contribution in [0.3, 0.4) is 0 Å². The molecule has 0 unspecified atom stereocenters. The van der Waals surface area contributed by atoms with E-state index in [1.54, 1.807) is 6.20 Å². The molecule has 0 atom stereocenters. The molecule has 8 heteroatoms. The molecule has 0 aliphatic rings. The van der Waals surface area contributed by atoms with Gasteiger partial charge in [-0.1, -0.05) is 66.7 Å². The van der Waals surface area contributed by atoms with Crippen molar-refractivity contribution >= 4 is 33.0 Å². The molecule has 0 bridgehead atoms. The molecule has 0 spiro atoms. The first kappa shape index (κ1) is 25.9. The maximum absolute atomic E-state index is 5.98. The van der Waals surface area contributed by atoms with Gasteiger partial charge in [-0.25, -0.2) is 24.9 Å². The van der Waals surface area contributed by atoms with Gasteiger partial charge in [0.05, 0.1) is 0 Å². The monoisotopic (exact) mass is 594 g/mol. The summed E-state index contributed by atoms with van der Waals surface area (Å²) in [5.74, 6) is 2.78. The lowest BCUT2D eigenvalue weighted by atomic mass is 10.1. The van der Waals surface area contributed by atoms with E-state index in [1.165, 1.54) is 0 Å². The summed E-state index contributed by atoms with van der Waals surface area (Å²) >= 11 is 0. The van der Waals surface area contributed by atoms with Crippen LogP contribution in [0, 0.1) is 0 Å². The van der Waals surface area contributed by atoms with Crippen molar-refractivity contribution in [1.82, 2.24) is 29.9 Å². The Hall–Kier alpha value is -6.54. The second kappa shape index (κ2) is 10.6. The first-order valence-electron chi connectivity index (χ1n) is 14.8. The van der Waals surface area contributed by atoms with Gasteiger partial charge in [-0.3, -0.25) is 4.98 Å². The zero-order chi connectivity index (χ0) is 30.5. The van der Waals surface area contributed by atoms with Crippen molar-refractivity contribution in [2.24, 2.45) is 0 Å². The Morgan fingerprint density at radius 2 is 0.935 bits per heavy atom. The standard InChI is InChI=1S/C38H22N6O2/c1-3-10-32-30(8-1)40-37(45-32)26-16-12-24(13-17-26)34-42-35(44-36(43-34)28-7-5-6-23-20-21-39-22-29(23)28)25-14-18-27(19-15-25)38-41-31-9-2-4-11-33(31)46-38/h1-22H. The Morgan fingerprint density at radius 3 is 1.50 bits per heavy atom. The molecule has 4 heterocycles. The predicted molar refractivity (Wildman–Crippen MR) is 177 cm³/mol. The molecule has 4 aromatic heterocycles. The van der Waals surface area contributed by atoms with Gasteiger partial charge in [0, 0.05) is 45.6 Å². The highest BCUT2D eigenvalue weighted by Crippen LogP contribution is 2.32. The average molecular weight is 595 g/mol. The number of hydrogen-bond donors (Lipinski definition) is 0. The summed E-state index contributed by atoms with van der Waals surface area (Å²) in [6.07, 6.45) is 3.63. The minimum atomic E-state index is 0.549. The highest BCUT2D eigenvalue weighted by atomic mass is 16.4. The van der Waals surface area contributed by atoms with Crippen molar-refractivity contribution in [3.05, 3.63) is 134 Å². The van der Waals surface area contributed by atoms with Crippen molar-refractivity contribution in [3.63, 3.8) is 0 Å². The number of fused-ring (bicyclic) bond motifs is 3. The molecule has 0 N–H and O–H groups in total. The van der Waals surface area contributed by atoms with Crippen molar-refractivity contribution in [3.8, 4) is 57.1 Å². The quantitative estimate of drug-likeness (QED) is 0.194. The van der Waals surface area contributed by atoms with Crippen LogP contribution in [0.4, 0.5) is 0 Å². The second-order valence-electron chi connectivity index (χ2n) is 10.8. The maximum atomic E-state index is 5.98. The third-order valence-electron chi connectivity index (χ3n) is 7.93. The average Bonchev–Trinajstić information content (AvgIpc) is 3.76. The van der Waals surface area contributed by atoms with E-state index < -0.39 is 0 Å². The molecule has 0 amide bonds. The fourth-order valence-electron chi connectivity index (χ4n) is 5.58. The number of pyridine rings is 1. The first-order valence-corrected chi connectivity index (χ1v) is 14.8. The Kier molecular flexibility index (Phi) is 5.95. The topological polar surface area (TPSA) is 104 Å². The van der Waals surface area contributed by atoms with Gasteiger partial charge in [0.25, 0.3) is 0 Å². The molecule has 5 aromatic carbocycles. The lowest BCUT2D eigenvalue weighted by Crippen LogP contribution is -2.00. The Labute approximate surface area is 262 Å². The summed E-state index contributed by atoms with van der Waals surface area (Å²) in [4.78, 5) is 28.5. The van der Waals surface area contributed by atoms with Crippen molar-refractivity contribution in [2.75, 3.05) is 0 Å². The highest BCUT2D eigenvalue weighted by molar-refractivity contribution is 5.94. The number of benzene rings is 5. The molecule has 0 radical (unpaired) electrons. The SMILES string of the molecule is c1cc(-c2nc(-c3ccc(-c4nc5ccccc5o4)cc3)nc(-c3ccc(-c4nc5ccccc5o4)cc3)n2)c2cnccc2c1. The molecular formula is C38H22N6O2. The molecule has 9 aromatic rings. The van der Waals surface area contributed by atoms with Crippen LogP contribution in [0.1, 0.15) is 0 Å². The number of oxazole rings is 2. The molecule has 0 aliphatic carbocycles. The molecule has 0 saturated heterocycles. The van der Waals surface area contributed by atoms with Crippen molar-refractivity contribution < 1.29 is 8.83 Å². The maximum Gasteiger partial charge on any atom is 0.227 e. The molecule has 216 valence electrons. The van der Waals surface area contributed by atoms with Crippen LogP contribution in [0.5, 0.6) is 0 Å². The Morgan fingerprint density at radius 1 is 0.413 bits per heavy atom. The predicted octanol–water partition coefficient (Wildman–Crippen LogP) is 9.04. The van der Waals surface area contributed by atoms with Crippen LogP contribution in [-0.2, 0) is 0 Å². The number of rotatable bonds is 5. The summed E-state index contributed by atoms with van der Waals surface area (Å²) in [6, 6.07) is 39.3. The minimum Gasteiger partial charge on any atom is -0.436 e. The summed E-state index contributed by atoms with van der Waals surface area (Å²) in [7, 11) is 0. The van der Waals surface area contributed by atoms with E-state index in [9.17, 15) is 0 Å². The number of para-hydroxylation sites is 4. The smallest absolute Gasteiger partial charge is 0.227 e. The summed E-state index contributed by atoms with van der Waals surface area (Å²) in [5.41, 5.74) is 7.42. The second-order valence-corrected chi connectivity index (χ2v) is 10.8.